The number of aliphatic hydroxyl groups is 1. The van der Waals surface area contributed by atoms with Crippen molar-refractivity contribution in [2.45, 2.75) is 55.5 Å². The number of aryl methyl sites for hydroxylation is 1. The van der Waals surface area contributed by atoms with E-state index >= 15 is 0 Å². The maximum Gasteiger partial charge on any atom is 0.240 e. The van der Waals surface area contributed by atoms with E-state index in [0.717, 1.165) is 5.56 Å². The molecule has 0 aliphatic heterocycles. The van der Waals surface area contributed by atoms with E-state index in [2.05, 4.69) is 19.8 Å². The molecule has 0 radical (unpaired) electrons. The van der Waals surface area contributed by atoms with Gasteiger partial charge in [0.2, 0.25) is 10.0 Å². The van der Waals surface area contributed by atoms with Crippen molar-refractivity contribution in [3.8, 4) is 11.3 Å². The second kappa shape index (κ2) is 7.04. The topological polar surface area (TPSA) is 136 Å². The third kappa shape index (κ3) is 3.80. The number of aromatic nitrogens is 4. The van der Waals surface area contributed by atoms with E-state index in [0.29, 0.717) is 42.6 Å². The van der Waals surface area contributed by atoms with Crippen LogP contribution in [0.1, 0.15) is 38.2 Å². The lowest BCUT2D eigenvalue weighted by Gasteiger charge is -2.40. The third-order valence-corrected chi connectivity index (χ3v) is 7.57. The fraction of sp³-hybridized carbons (Fsp3) is 0.421. The first kappa shape index (κ1) is 20.8. The number of anilines is 1. The number of fused-ring (bicyclic) bond motifs is 1. The highest BCUT2D eigenvalue weighted by atomic mass is 32.2. The summed E-state index contributed by atoms with van der Waals surface area (Å²) in [5.74, 6) is 0.250. The Morgan fingerprint density at radius 3 is 2.63 bits per heavy atom. The van der Waals surface area contributed by atoms with Crippen LogP contribution in [0.25, 0.3) is 16.9 Å². The van der Waals surface area contributed by atoms with Gasteiger partial charge in [0.15, 0.2) is 11.5 Å². The molecule has 9 nitrogen and oxygen atoms in total. The standard InChI is InChI=1S/C19H25BN6O3S/c1-12-3-4-13(30(28,29)25-19(20)7-5-18(2,27)6-8-19)9-14(12)15-10-22-17-16(21)23-11-24-26(15)17/h3-4,9-11,25,27H,5-8,20H2,1-2H3,(H2,21,23,24)/t18-,19-. The molecule has 11 heteroatoms. The van der Waals surface area contributed by atoms with Gasteiger partial charge in [0.25, 0.3) is 0 Å². The number of nitrogen functional groups attached to an aromatic ring is 1. The zero-order valence-electron chi connectivity index (χ0n) is 17.3. The summed E-state index contributed by atoms with van der Waals surface area (Å²) in [4.78, 5) is 8.37. The Balaban J connectivity index is 1.70. The van der Waals surface area contributed by atoms with Crippen LogP contribution in [0.2, 0.25) is 0 Å². The van der Waals surface area contributed by atoms with Crippen LogP contribution in [0.15, 0.2) is 35.6 Å². The van der Waals surface area contributed by atoms with E-state index in [1.807, 2.05) is 14.8 Å². The van der Waals surface area contributed by atoms with Gasteiger partial charge in [-0.25, -0.2) is 27.6 Å². The number of hydrogen-bond donors (Lipinski definition) is 3. The molecule has 1 aliphatic rings. The fourth-order valence-corrected chi connectivity index (χ4v) is 5.38. The SMILES string of the molecule is B[C@]1(NS(=O)(=O)c2ccc(C)c(-c3cnc4c(N)ncnn34)c2)CC[C@](C)(O)CC1. The predicted molar refractivity (Wildman–Crippen MR) is 116 cm³/mol. The van der Waals surface area contributed by atoms with E-state index in [4.69, 9.17) is 5.73 Å². The minimum Gasteiger partial charge on any atom is -0.390 e. The van der Waals surface area contributed by atoms with Gasteiger partial charge < -0.3 is 10.8 Å². The van der Waals surface area contributed by atoms with Gasteiger partial charge in [0.05, 0.1) is 22.4 Å². The van der Waals surface area contributed by atoms with Gasteiger partial charge in [-0.05, 0) is 57.2 Å². The zero-order chi connectivity index (χ0) is 21.7. The van der Waals surface area contributed by atoms with Crippen LogP contribution in [0, 0.1) is 6.92 Å². The number of benzene rings is 1. The molecule has 158 valence electrons. The lowest BCUT2D eigenvalue weighted by Crippen LogP contribution is -2.53. The molecule has 1 aliphatic carbocycles. The van der Waals surface area contributed by atoms with Gasteiger partial charge in [-0.3, -0.25) is 0 Å². The fourth-order valence-electron chi connectivity index (χ4n) is 3.89. The molecular formula is C19H25BN6O3S. The molecule has 2 heterocycles. The van der Waals surface area contributed by atoms with E-state index in [1.165, 1.54) is 6.33 Å². The quantitative estimate of drug-likeness (QED) is 0.518. The summed E-state index contributed by atoms with van der Waals surface area (Å²) in [6.07, 6.45) is 5.19. The van der Waals surface area contributed by atoms with Crippen molar-refractivity contribution in [3.63, 3.8) is 0 Å². The largest absolute Gasteiger partial charge is 0.390 e. The molecule has 1 fully saturated rings. The van der Waals surface area contributed by atoms with Crippen LogP contribution in [0.3, 0.4) is 0 Å². The highest BCUT2D eigenvalue weighted by Gasteiger charge is 2.38. The molecule has 0 saturated heterocycles. The maximum atomic E-state index is 13.2. The van der Waals surface area contributed by atoms with Crippen LogP contribution in [-0.2, 0) is 10.0 Å². The van der Waals surface area contributed by atoms with Gasteiger partial charge in [0, 0.05) is 11.0 Å². The van der Waals surface area contributed by atoms with Crippen molar-refractivity contribution in [2.75, 3.05) is 5.73 Å². The Labute approximate surface area is 176 Å². The monoisotopic (exact) mass is 428 g/mol. The van der Waals surface area contributed by atoms with E-state index in [-0.39, 0.29) is 10.7 Å². The molecule has 0 spiro atoms. The lowest BCUT2D eigenvalue weighted by molar-refractivity contribution is 0.0111. The number of nitrogens with two attached hydrogens (primary N) is 1. The van der Waals surface area contributed by atoms with Crippen LogP contribution in [0.4, 0.5) is 5.82 Å². The van der Waals surface area contributed by atoms with E-state index in [1.54, 1.807) is 35.8 Å². The summed E-state index contributed by atoms with van der Waals surface area (Å²) in [6, 6.07) is 4.99. The van der Waals surface area contributed by atoms with Gasteiger partial charge >= 0.3 is 0 Å². The van der Waals surface area contributed by atoms with Crippen molar-refractivity contribution in [2.24, 2.45) is 0 Å². The second-order valence-corrected chi connectivity index (χ2v) is 10.3. The summed E-state index contributed by atoms with van der Waals surface area (Å²) in [5.41, 5.74) is 7.15. The highest BCUT2D eigenvalue weighted by molar-refractivity contribution is 7.89. The first-order chi connectivity index (χ1) is 14.0. The molecule has 4 N–H and O–H groups in total. The zero-order valence-corrected chi connectivity index (χ0v) is 18.1. The van der Waals surface area contributed by atoms with Crippen LogP contribution in [-0.4, -0.2) is 52.0 Å². The van der Waals surface area contributed by atoms with Crippen molar-refractivity contribution in [3.05, 3.63) is 36.3 Å². The normalized spacial score (nSPS) is 24.9. The van der Waals surface area contributed by atoms with Gasteiger partial charge in [-0.15, -0.1) is 0 Å². The first-order valence-corrected chi connectivity index (χ1v) is 11.3. The third-order valence-electron chi connectivity index (χ3n) is 5.94. The Hall–Kier alpha value is -2.50. The molecule has 0 unspecified atom stereocenters. The van der Waals surface area contributed by atoms with Crippen LogP contribution < -0.4 is 10.5 Å². The number of hydrogen-bond acceptors (Lipinski definition) is 7. The summed E-state index contributed by atoms with van der Waals surface area (Å²) < 4.78 is 30.8. The molecule has 1 aromatic carbocycles. The van der Waals surface area contributed by atoms with Gasteiger partial charge in [-0.2, -0.15) is 5.10 Å². The molecule has 0 atom stereocenters. The van der Waals surface area contributed by atoms with Crippen molar-refractivity contribution < 1.29 is 13.5 Å². The smallest absolute Gasteiger partial charge is 0.240 e. The number of imidazole rings is 1. The summed E-state index contributed by atoms with van der Waals surface area (Å²) in [7, 11) is -1.88. The van der Waals surface area contributed by atoms with Crippen LogP contribution >= 0.6 is 0 Å². The Kier molecular flexibility index (Phi) is 4.87. The second-order valence-electron chi connectivity index (χ2n) is 8.66. The molecule has 2 aromatic heterocycles. The van der Waals surface area contributed by atoms with Crippen molar-refractivity contribution >= 4 is 29.3 Å². The molecule has 3 aromatic rings. The number of rotatable bonds is 4. The minimum absolute atomic E-state index is 0.165. The predicted octanol–water partition coefficient (Wildman–Crippen LogP) is 0.615. The molecule has 0 bridgehead atoms. The van der Waals surface area contributed by atoms with Crippen molar-refractivity contribution in [1.82, 2.24) is 24.3 Å². The molecule has 4 rings (SSSR count). The maximum absolute atomic E-state index is 13.2. The average molecular weight is 428 g/mol. The van der Waals surface area contributed by atoms with E-state index < -0.39 is 21.1 Å². The summed E-state index contributed by atoms with van der Waals surface area (Å²) in [6.45, 7) is 3.69. The minimum atomic E-state index is -3.77. The van der Waals surface area contributed by atoms with Gasteiger partial charge in [0.1, 0.15) is 14.2 Å². The molecule has 30 heavy (non-hydrogen) atoms. The number of nitrogens with zero attached hydrogens (tertiary/aromatic N) is 4. The van der Waals surface area contributed by atoms with Crippen LogP contribution in [0.5, 0.6) is 0 Å². The highest BCUT2D eigenvalue weighted by Crippen LogP contribution is 2.34. The Morgan fingerprint density at radius 2 is 1.93 bits per heavy atom. The van der Waals surface area contributed by atoms with Crippen molar-refractivity contribution in [1.29, 1.82) is 0 Å². The lowest BCUT2D eigenvalue weighted by atomic mass is 9.65. The molecule has 1 saturated carbocycles. The average Bonchev–Trinajstić information content (AvgIpc) is 3.10. The number of nitrogens with one attached hydrogen (secondary N) is 1. The molecular weight excluding hydrogens is 403 g/mol. The summed E-state index contributed by atoms with van der Waals surface area (Å²) >= 11 is 0. The van der Waals surface area contributed by atoms with E-state index in [9.17, 15) is 13.5 Å². The summed E-state index contributed by atoms with van der Waals surface area (Å²) in [5, 5.41) is 14.4. The first-order valence-electron chi connectivity index (χ1n) is 9.81. The molecule has 0 amide bonds. The Morgan fingerprint density at radius 1 is 1.23 bits per heavy atom. The number of sulfonamides is 1. The Bertz CT molecular complexity index is 1210. The van der Waals surface area contributed by atoms with Gasteiger partial charge in [-0.1, -0.05) is 6.07 Å².